The minimum atomic E-state index is -1.06. The molecule has 0 spiro atoms. The van der Waals surface area contributed by atoms with E-state index in [0.717, 1.165) is 23.7 Å². The third kappa shape index (κ3) is 9.10. The van der Waals surface area contributed by atoms with Gasteiger partial charge in [0.05, 0.1) is 0 Å². The molecule has 2 rings (SSSR count). The summed E-state index contributed by atoms with van der Waals surface area (Å²) in [6.07, 6.45) is 1.85. The van der Waals surface area contributed by atoms with Crippen molar-refractivity contribution in [3.05, 3.63) is 71.8 Å². The second-order valence-electron chi connectivity index (χ2n) is 4.98. The van der Waals surface area contributed by atoms with Crippen LogP contribution < -0.4 is 0 Å². The summed E-state index contributed by atoms with van der Waals surface area (Å²) in [6, 6.07) is 20.3. The van der Waals surface area contributed by atoms with E-state index in [9.17, 15) is 4.79 Å². The third-order valence-electron chi connectivity index (χ3n) is 3.06. The maximum atomic E-state index is 10.4. The number of aryl methyl sites for hydroxylation is 1. The normalized spacial score (nSPS) is 10.5. The lowest BCUT2D eigenvalue weighted by Crippen LogP contribution is -2.09. The fourth-order valence-corrected chi connectivity index (χ4v) is 2.20. The standard InChI is InChI=1S/C11H13NO3.C8H9Br/c1-9(11(13)14)12-15-8-7-10-5-3-2-4-6-10;9-7-6-8-4-2-1-3-5-8/h2-6H,7-8H2,1H3,(H,13,14);1-5H,6-7H2/b12-9-;. The molecule has 0 fully saturated rings. The second-order valence-corrected chi connectivity index (χ2v) is 5.77. The Morgan fingerprint density at radius 1 is 1.00 bits per heavy atom. The molecule has 0 heterocycles. The van der Waals surface area contributed by atoms with E-state index in [1.807, 2.05) is 36.4 Å². The SMILES string of the molecule is BrCCc1ccccc1.C/C(=N/OCCc1ccccc1)C(=O)O. The van der Waals surface area contributed by atoms with Gasteiger partial charge in [-0.2, -0.15) is 0 Å². The Labute approximate surface area is 151 Å². The van der Waals surface area contributed by atoms with Gasteiger partial charge in [0.25, 0.3) is 0 Å². The molecule has 0 aliphatic heterocycles. The maximum absolute atomic E-state index is 10.4. The zero-order chi connectivity index (χ0) is 17.6. The number of oxime groups is 1. The monoisotopic (exact) mass is 391 g/mol. The number of aliphatic carboxylic acids is 1. The highest BCUT2D eigenvalue weighted by atomic mass is 79.9. The average Bonchev–Trinajstić information content (AvgIpc) is 2.61. The molecule has 0 saturated heterocycles. The Kier molecular flexibility index (Phi) is 10.2. The van der Waals surface area contributed by atoms with E-state index in [1.165, 1.54) is 12.5 Å². The van der Waals surface area contributed by atoms with Gasteiger partial charge in [0, 0.05) is 11.8 Å². The number of carboxylic acids is 1. The summed E-state index contributed by atoms with van der Waals surface area (Å²) in [6.45, 7) is 1.78. The van der Waals surface area contributed by atoms with Crippen molar-refractivity contribution in [3.8, 4) is 0 Å². The van der Waals surface area contributed by atoms with E-state index >= 15 is 0 Å². The zero-order valence-corrected chi connectivity index (χ0v) is 15.3. The first-order chi connectivity index (χ1) is 11.6. The molecule has 0 atom stereocenters. The highest BCUT2D eigenvalue weighted by Gasteiger charge is 2.01. The summed E-state index contributed by atoms with van der Waals surface area (Å²) in [5.41, 5.74) is 2.50. The molecule has 0 aliphatic rings. The van der Waals surface area contributed by atoms with Crippen LogP contribution >= 0.6 is 15.9 Å². The Bertz CT molecular complexity index is 615. The van der Waals surface area contributed by atoms with Crippen LogP contribution in [0.4, 0.5) is 0 Å². The second kappa shape index (κ2) is 12.3. The molecule has 2 aromatic rings. The van der Waals surface area contributed by atoms with Crippen LogP contribution in [0.5, 0.6) is 0 Å². The maximum Gasteiger partial charge on any atom is 0.353 e. The number of nitrogens with zero attached hydrogens (tertiary/aromatic N) is 1. The van der Waals surface area contributed by atoms with Crippen LogP contribution in [0.1, 0.15) is 18.1 Å². The van der Waals surface area contributed by atoms with Gasteiger partial charge in [-0.15, -0.1) is 0 Å². The molecule has 24 heavy (non-hydrogen) atoms. The van der Waals surface area contributed by atoms with Crippen LogP contribution in [0.3, 0.4) is 0 Å². The first-order valence-electron chi connectivity index (χ1n) is 7.67. The van der Waals surface area contributed by atoms with E-state index < -0.39 is 5.97 Å². The first kappa shape index (κ1) is 19.9. The highest BCUT2D eigenvalue weighted by molar-refractivity contribution is 9.09. The summed E-state index contributed by atoms with van der Waals surface area (Å²) in [7, 11) is 0. The van der Waals surface area contributed by atoms with Crippen LogP contribution in [0.2, 0.25) is 0 Å². The number of benzene rings is 2. The molecule has 0 radical (unpaired) electrons. The number of halogens is 1. The van der Waals surface area contributed by atoms with Crippen molar-refractivity contribution in [2.24, 2.45) is 5.16 Å². The van der Waals surface area contributed by atoms with E-state index in [0.29, 0.717) is 6.61 Å². The lowest BCUT2D eigenvalue weighted by Gasteiger charge is -2.00. The number of carboxylic acid groups (broad SMARTS) is 1. The van der Waals surface area contributed by atoms with Crippen molar-refractivity contribution >= 4 is 27.6 Å². The number of alkyl halides is 1. The van der Waals surface area contributed by atoms with Crippen molar-refractivity contribution in [2.45, 2.75) is 19.8 Å². The van der Waals surface area contributed by atoms with Gasteiger partial charge >= 0.3 is 5.97 Å². The van der Waals surface area contributed by atoms with Crippen LogP contribution in [0, 0.1) is 0 Å². The summed E-state index contributed by atoms with van der Waals surface area (Å²) < 4.78 is 0. The van der Waals surface area contributed by atoms with Gasteiger partial charge in [-0.3, -0.25) is 0 Å². The van der Waals surface area contributed by atoms with Crippen LogP contribution in [0.25, 0.3) is 0 Å². The minimum absolute atomic E-state index is 0.0388. The summed E-state index contributed by atoms with van der Waals surface area (Å²) in [4.78, 5) is 15.2. The highest BCUT2D eigenvalue weighted by Crippen LogP contribution is 2.00. The topological polar surface area (TPSA) is 58.9 Å². The Balaban J connectivity index is 0.000000272. The lowest BCUT2D eigenvalue weighted by atomic mass is 10.2. The molecular formula is C19H22BrNO3. The summed E-state index contributed by atoms with van der Waals surface area (Å²) >= 11 is 3.39. The summed E-state index contributed by atoms with van der Waals surface area (Å²) in [5, 5.41) is 13.0. The first-order valence-corrected chi connectivity index (χ1v) is 8.79. The molecule has 0 amide bonds. The largest absolute Gasteiger partial charge is 0.477 e. The molecular weight excluding hydrogens is 370 g/mol. The van der Waals surface area contributed by atoms with Crippen molar-refractivity contribution in [1.82, 2.24) is 0 Å². The molecule has 0 bridgehead atoms. The molecule has 5 heteroatoms. The minimum Gasteiger partial charge on any atom is -0.477 e. The van der Waals surface area contributed by atoms with Gasteiger partial charge in [-0.25, -0.2) is 4.79 Å². The molecule has 1 N–H and O–H groups in total. The molecule has 128 valence electrons. The van der Waals surface area contributed by atoms with Crippen LogP contribution in [-0.4, -0.2) is 28.7 Å². The van der Waals surface area contributed by atoms with E-state index in [2.05, 4.69) is 45.4 Å². The molecule has 2 aromatic carbocycles. The van der Waals surface area contributed by atoms with Gasteiger partial charge in [0.2, 0.25) is 0 Å². The molecule has 0 aromatic heterocycles. The number of rotatable bonds is 7. The summed E-state index contributed by atoms with van der Waals surface area (Å²) in [5.74, 6) is -1.06. The Morgan fingerprint density at radius 2 is 1.50 bits per heavy atom. The molecule has 0 saturated carbocycles. The smallest absolute Gasteiger partial charge is 0.353 e. The van der Waals surface area contributed by atoms with Gasteiger partial charge in [0.1, 0.15) is 6.61 Å². The van der Waals surface area contributed by atoms with Crippen LogP contribution in [-0.2, 0) is 22.5 Å². The van der Waals surface area contributed by atoms with Gasteiger partial charge in [-0.05, 0) is 24.5 Å². The van der Waals surface area contributed by atoms with Crippen molar-refractivity contribution in [3.63, 3.8) is 0 Å². The fraction of sp³-hybridized carbons (Fsp3) is 0.263. The predicted molar refractivity (Wildman–Crippen MR) is 101 cm³/mol. The molecule has 0 unspecified atom stereocenters. The van der Waals surface area contributed by atoms with E-state index in [4.69, 9.17) is 9.94 Å². The van der Waals surface area contributed by atoms with Crippen LogP contribution in [0.15, 0.2) is 65.8 Å². The average molecular weight is 392 g/mol. The quantitative estimate of drug-likeness (QED) is 0.330. The van der Waals surface area contributed by atoms with Crippen molar-refractivity contribution in [1.29, 1.82) is 0 Å². The van der Waals surface area contributed by atoms with E-state index in [1.54, 1.807) is 0 Å². The zero-order valence-electron chi connectivity index (χ0n) is 13.7. The predicted octanol–water partition coefficient (Wildman–Crippen LogP) is 4.33. The number of carbonyl (C=O) groups is 1. The van der Waals surface area contributed by atoms with E-state index in [-0.39, 0.29) is 5.71 Å². The lowest BCUT2D eigenvalue weighted by molar-refractivity contribution is -0.129. The van der Waals surface area contributed by atoms with Crippen molar-refractivity contribution < 1.29 is 14.7 Å². The Hall–Kier alpha value is -2.14. The third-order valence-corrected chi connectivity index (χ3v) is 3.46. The van der Waals surface area contributed by atoms with Gasteiger partial charge in [0.15, 0.2) is 5.71 Å². The number of hydrogen-bond acceptors (Lipinski definition) is 3. The Morgan fingerprint density at radius 3 is 1.96 bits per heavy atom. The number of hydrogen-bond donors (Lipinski definition) is 1. The molecule has 4 nitrogen and oxygen atoms in total. The van der Waals surface area contributed by atoms with Gasteiger partial charge in [-0.1, -0.05) is 81.7 Å². The van der Waals surface area contributed by atoms with Crippen molar-refractivity contribution in [2.75, 3.05) is 11.9 Å². The van der Waals surface area contributed by atoms with Gasteiger partial charge < -0.3 is 9.94 Å². The molecule has 0 aliphatic carbocycles. The fourth-order valence-electron chi connectivity index (χ4n) is 1.74.